The van der Waals surface area contributed by atoms with Crippen molar-refractivity contribution in [3.63, 3.8) is 0 Å². The number of likely N-dealkylation sites (tertiary alicyclic amines) is 1. The van der Waals surface area contributed by atoms with Crippen molar-refractivity contribution in [3.05, 3.63) is 0 Å². The number of nitrogens with zero attached hydrogens (tertiary/aromatic N) is 1. The number of amides is 2. The fourth-order valence-electron chi connectivity index (χ4n) is 1.99. The number of carbonyl (C=O) groups excluding carboxylic acids is 3. The standard InChI is InChI=1S/C13H22N2O5/c1-8-6-9(14-12(18)20-13(2,3)4)11(17)15(8)7-10(16)19-5/h8-9H,6-7H2,1-5H3,(H,14,18). The number of hydrogen-bond acceptors (Lipinski definition) is 5. The number of methoxy groups -OCH3 is 1. The molecule has 1 aliphatic heterocycles. The Kier molecular flexibility index (Phi) is 4.97. The van der Waals surface area contributed by atoms with Crippen molar-refractivity contribution in [2.24, 2.45) is 0 Å². The second-order valence-corrected chi connectivity index (χ2v) is 5.83. The molecule has 0 aromatic rings. The quantitative estimate of drug-likeness (QED) is 0.771. The minimum atomic E-state index is -0.662. The number of alkyl carbamates (subject to hydrolysis) is 1. The lowest BCUT2D eigenvalue weighted by molar-refractivity contribution is -0.146. The molecule has 0 spiro atoms. The molecule has 0 saturated carbocycles. The van der Waals surface area contributed by atoms with E-state index in [2.05, 4.69) is 10.1 Å². The van der Waals surface area contributed by atoms with Crippen molar-refractivity contribution in [1.29, 1.82) is 0 Å². The normalized spacial score (nSPS) is 22.6. The first-order valence-corrected chi connectivity index (χ1v) is 6.51. The van der Waals surface area contributed by atoms with E-state index in [-0.39, 0.29) is 18.5 Å². The highest BCUT2D eigenvalue weighted by molar-refractivity contribution is 5.90. The summed E-state index contributed by atoms with van der Waals surface area (Å²) in [6.45, 7) is 6.94. The van der Waals surface area contributed by atoms with Gasteiger partial charge in [-0.25, -0.2) is 4.79 Å². The Hall–Kier alpha value is -1.79. The van der Waals surface area contributed by atoms with E-state index in [4.69, 9.17) is 4.74 Å². The Morgan fingerprint density at radius 2 is 2.00 bits per heavy atom. The van der Waals surface area contributed by atoms with E-state index >= 15 is 0 Å². The van der Waals surface area contributed by atoms with Crippen molar-refractivity contribution in [1.82, 2.24) is 10.2 Å². The van der Waals surface area contributed by atoms with Gasteiger partial charge in [0, 0.05) is 6.04 Å². The summed E-state index contributed by atoms with van der Waals surface area (Å²) in [6.07, 6.45) is -0.197. The third-order valence-corrected chi connectivity index (χ3v) is 2.91. The van der Waals surface area contributed by atoms with Crippen molar-refractivity contribution >= 4 is 18.0 Å². The number of carbonyl (C=O) groups is 3. The van der Waals surface area contributed by atoms with Gasteiger partial charge >= 0.3 is 12.1 Å². The average molecular weight is 286 g/mol. The molecule has 1 fully saturated rings. The van der Waals surface area contributed by atoms with Crippen LogP contribution < -0.4 is 5.32 Å². The van der Waals surface area contributed by atoms with Gasteiger partial charge in [0.1, 0.15) is 18.2 Å². The molecule has 2 amide bonds. The molecule has 0 aliphatic carbocycles. The van der Waals surface area contributed by atoms with E-state index in [9.17, 15) is 14.4 Å². The zero-order valence-electron chi connectivity index (χ0n) is 12.6. The molecule has 0 radical (unpaired) electrons. The van der Waals surface area contributed by atoms with Crippen LogP contribution in [0.1, 0.15) is 34.1 Å². The molecular formula is C13H22N2O5. The van der Waals surface area contributed by atoms with Gasteiger partial charge < -0.3 is 19.7 Å². The maximum atomic E-state index is 12.1. The van der Waals surface area contributed by atoms with Gasteiger partial charge in [0.25, 0.3) is 0 Å². The fraction of sp³-hybridized carbons (Fsp3) is 0.769. The van der Waals surface area contributed by atoms with Gasteiger partial charge in [-0.15, -0.1) is 0 Å². The van der Waals surface area contributed by atoms with Crippen LogP contribution in [-0.2, 0) is 19.1 Å². The molecule has 7 heteroatoms. The number of ether oxygens (including phenoxy) is 2. The third-order valence-electron chi connectivity index (χ3n) is 2.91. The average Bonchev–Trinajstić information content (AvgIpc) is 2.54. The smallest absolute Gasteiger partial charge is 0.408 e. The van der Waals surface area contributed by atoms with Gasteiger partial charge in [-0.2, -0.15) is 0 Å². The fourth-order valence-corrected chi connectivity index (χ4v) is 1.99. The molecule has 1 aliphatic rings. The molecule has 1 saturated heterocycles. The van der Waals surface area contributed by atoms with Crippen LogP contribution in [0.25, 0.3) is 0 Å². The Morgan fingerprint density at radius 1 is 1.40 bits per heavy atom. The highest BCUT2D eigenvalue weighted by atomic mass is 16.6. The van der Waals surface area contributed by atoms with Gasteiger partial charge in [-0.1, -0.05) is 0 Å². The minimum absolute atomic E-state index is 0.108. The van der Waals surface area contributed by atoms with Crippen molar-refractivity contribution in [3.8, 4) is 0 Å². The molecular weight excluding hydrogens is 264 g/mol. The first-order valence-electron chi connectivity index (χ1n) is 6.51. The summed E-state index contributed by atoms with van der Waals surface area (Å²) in [5, 5.41) is 2.53. The SMILES string of the molecule is COC(=O)CN1C(=O)C(NC(=O)OC(C)(C)C)CC1C. The van der Waals surface area contributed by atoms with Crippen LogP contribution in [0.15, 0.2) is 0 Å². The van der Waals surface area contributed by atoms with Gasteiger partial charge in [0.2, 0.25) is 5.91 Å². The van der Waals surface area contributed by atoms with Crippen LogP contribution in [0.5, 0.6) is 0 Å². The summed E-state index contributed by atoms with van der Waals surface area (Å²) in [6, 6.07) is -0.800. The molecule has 0 aromatic carbocycles. The third kappa shape index (κ3) is 4.40. The Morgan fingerprint density at radius 3 is 2.50 bits per heavy atom. The van der Waals surface area contributed by atoms with Crippen LogP contribution >= 0.6 is 0 Å². The Balaban J connectivity index is 2.60. The van der Waals surface area contributed by atoms with Crippen LogP contribution in [0.3, 0.4) is 0 Å². The highest BCUT2D eigenvalue weighted by Gasteiger charge is 2.39. The number of nitrogens with one attached hydrogen (secondary N) is 1. The van der Waals surface area contributed by atoms with Gasteiger partial charge in [-0.3, -0.25) is 9.59 Å². The number of esters is 1. The van der Waals surface area contributed by atoms with Gasteiger partial charge in [0.05, 0.1) is 7.11 Å². The zero-order chi connectivity index (χ0) is 15.5. The minimum Gasteiger partial charge on any atom is -0.468 e. The zero-order valence-corrected chi connectivity index (χ0v) is 12.6. The van der Waals surface area contributed by atoms with Crippen LogP contribution in [0.4, 0.5) is 4.79 Å². The van der Waals surface area contributed by atoms with Crippen LogP contribution in [0, 0.1) is 0 Å². The molecule has 1 N–H and O–H groups in total. The second kappa shape index (κ2) is 6.11. The largest absolute Gasteiger partial charge is 0.468 e. The highest BCUT2D eigenvalue weighted by Crippen LogP contribution is 2.19. The molecule has 1 heterocycles. The van der Waals surface area contributed by atoms with E-state index in [0.29, 0.717) is 6.42 Å². The summed E-state index contributed by atoms with van der Waals surface area (Å²) in [5.74, 6) is -0.781. The maximum Gasteiger partial charge on any atom is 0.408 e. The molecule has 0 aromatic heterocycles. The molecule has 1 rings (SSSR count). The lowest BCUT2D eigenvalue weighted by atomic mass is 10.2. The lowest BCUT2D eigenvalue weighted by Gasteiger charge is -2.21. The van der Waals surface area contributed by atoms with Crippen molar-refractivity contribution in [2.75, 3.05) is 13.7 Å². The second-order valence-electron chi connectivity index (χ2n) is 5.83. The maximum absolute atomic E-state index is 12.1. The van der Waals surface area contributed by atoms with E-state index in [0.717, 1.165) is 0 Å². The topological polar surface area (TPSA) is 84.9 Å². The van der Waals surface area contributed by atoms with Gasteiger partial charge in [0.15, 0.2) is 0 Å². The summed E-state index contributed by atoms with van der Waals surface area (Å²) < 4.78 is 9.65. The van der Waals surface area contributed by atoms with E-state index in [1.54, 1.807) is 20.8 Å². The monoisotopic (exact) mass is 286 g/mol. The molecule has 2 atom stereocenters. The summed E-state index contributed by atoms with van der Waals surface area (Å²) in [5.41, 5.74) is -0.622. The predicted octanol–water partition coefficient (Wildman–Crippen LogP) is 0.673. The Labute approximate surface area is 118 Å². The first kappa shape index (κ1) is 16.3. The number of hydrogen-bond donors (Lipinski definition) is 1. The predicted molar refractivity (Wildman–Crippen MR) is 71.0 cm³/mol. The van der Waals surface area contributed by atoms with E-state index in [1.165, 1.54) is 12.0 Å². The Bertz CT molecular complexity index is 402. The van der Waals surface area contributed by atoms with Crippen LogP contribution in [-0.4, -0.2) is 54.2 Å². The van der Waals surface area contributed by atoms with E-state index < -0.39 is 23.7 Å². The molecule has 2 unspecified atom stereocenters. The molecule has 0 bridgehead atoms. The van der Waals surface area contributed by atoms with Crippen LogP contribution in [0.2, 0.25) is 0 Å². The van der Waals surface area contributed by atoms with E-state index in [1.807, 2.05) is 6.92 Å². The van der Waals surface area contributed by atoms with Gasteiger partial charge in [-0.05, 0) is 34.1 Å². The molecule has 20 heavy (non-hydrogen) atoms. The molecule has 7 nitrogen and oxygen atoms in total. The summed E-state index contributed by atoms with van der Waals surface area (Å²) in [4.78, 5) is 36.4. The van der Waals surface area contributed by atoms with Crippen molar-refractivity contribution in [2.45, 2.75) is 51.8 Å². The van der Waals surface area contributed by atoms with Crippen molar-refractivity contribution < 1.29 is 23.9 Å². The first-order chi connectivity index (χ1) is 9.14. The molecule has 114 valence electrons. The summed E-state index contributed by atoms with van der Waals surface area (Å²) >= 11 is 0. The number of rotatable bonds is 3. The summed E-state index contributed by atoms with van der Waals surface area (Å²) in [7, 11) is 1.27. The lowest BCUT2D eigenvalue weighted by Crippen LogP contribution is -2.45.